The highest BCUT2D eigenvalue weighted by Gasteiger charge is 2.56. The Kier molecular flexibility index (Phi) is 11.3. The van der Waals surface area contributed by atoms with E-state index >= 15 is 0 Å². The summed E-state index contributed by atoms with van der Waals surface area (Å²) in [6.07, 6.45) is -0.934. The molecule has 0 bridgehead atoms. The molecule has 1 unspecified atom stereocenters. The lowest BCUT2D eigenvalue weighted by Crippen LogP contribution is -2.51. The molecule has 3 rings (SSSR count). The monoisotopic (exact) mass is 672 g/mol. The van der Waals surface area contributed by atoms with Crippen molar-refractivity contribution >= 4 is 25.8 Å². The summed E-state index contributed by atoms with van der Waals surface area (Å²) in [6, 6.07) is 8.41. The Morgan fingerprint density at radius 2 is 1.02 bits per heavy atom. The topological polar surface area (TPSA) is 149 Å². The van der Waals surface area contributed by atoms with Crippen LogP contribution in [0.5, 0.6) is 0 Å². The average molecular weight is 673 g/mol. The van der Waals surface area contributed by atoms with Crippen LogP contribution >= 0.6 is 25.8 Å². The second kappa shape index (κ2) is 13.1. The Morgan fingerprint density at radius 3 is 1.32 bits per heavy atom. The summed E-state index contributed by atoms with van der Waals surface area (Å²) >= 11 is 0. The summed E-state index contributed by atoms with van der Waals surface area (Å²) in [5, 5.41) is 0. The Hall–Kier alpha value is -0.630. The van der Waals surface area contributed by atoms with Gasteiger partial charge in [-0.1, -0.05) is 107 Å². The number of fused-ring (bicyclic) bond motifs is 2. The SMILES string of the molecule is CC(C)(C)c1cc2c(c(C(C)(C)C)c1)C(OP(O)O)(C(COP(O)O)OP(O)O)c1c(cc(C(C)(C)C)cc1C(C)(C)C)C2. The first-order chi connectivity index (χ1) is 19.8. The molecule has 0 heterocycles. The third kappa shape index (κ3) is 8.08. The van der Waals surface area contributed by atoms with Gasteiger partial charge in [0.05, 0.1) is 6.61 Å². The van der Waals surface area contributed by atoms with E-state index < -0.39 is 54.9 Å². The lowest BCUT2D eigenvalue weighted by Gasteiger charge is -2.49. The first-order valence-corrected chi connectivity index (χ1v) is 18.2. The Morgan fingerprint density at radius 1 is 0.614 bits per heavy atom. The number of rotatable bonds is 8. The van der Waals surface area contributed by atoms with Crippen LogP contribution in [-0.2, 0) is 47.3 Å². The van der Waals surface area contributed by atoms with E-state index in [1.807, 2.05) is 0 Å². The van der Waals surface area contributed by atoms with E-state index in [1.54, 1.807) is 0 Å². The van der Waals surface area contributed by atoms with Gasteiger partial charge in [-0.15, -0.1) is 0 Å². The predicted octanol–water partition coefficient (Wildman–Crippen LogP) is 7.08. The van der Waals surface area contributed by atoms with E-state index in [0.29, 0.717) is 17.5 Å². The van der Waals surface area contributed by atoms with Gasteiger partial charge in [0.2, 0.25) is 0 Å². The highest BCUT2D eigenvalue weighted by atomic mass is 31.2. The van der Waals surface area contributed by atoms with Crippen LogP contribution in [0.4, 0.5) is 0 Å². The van der Waals surface area contributed by atoms with Gasteiger partial charge in [-0.2, -0.15) is 0 Å². The van der Waals surface area contributed by atoms with Crippen LogP contribution in [0, 0.1) is 0 Å². The molecule has 0 saturated heterocycles. The summed E-state index contributed by atoms with van der Waals surface area (Å²) in [7, 11) is -8.97. The fraction of sp³-hybridized carbons (Fsp3) is 0.625. The molecule has 0 aromatic heterocycles. The van der Waals surface area contributed by atoms with Crippen LogP contribution in [0.15, 0.2) is 24.3 Å². The van der Waals surface area contributed by atoms with Gasteiger partial charge < -0.3 is 38.4 Å². The minimum Gasteiger partial charge on any atom is -0.328 e. The quantitative estimate of drug-likeness (QED) is 0.162. The lowest BCUT2D eigenvalue weighted by atomic mass is 9.62. The standard InChI is InChI=1S/C32H51O9P3/c1-28(2,3)21-14-19-13-20-15-22(29(4,5)6)17-24(31(10,11)12)27(20)32(41-44(37)38,26(19)23(16-21)30(7,8)9)25(40-43(35)36)18-39-42(33)34/h14-17,25,33-38H,13,18H2,1-12H3. The maximum absolute atomic E-state index is 10.7. The molecule has 0 radical (unpaired) electrons. The normalized spacial score (nSPS) is 16.5. The van der Waals surface area contributed by atoms with Gasteiger partial charge in [0, 0.05) is 0 Å². The first kappa shape index (κ1) is 37.8. The van der Waals surface area contributed by atoms with Crippen molar-refractivity contribution in [2.75, 3.05) is 6.61 Å². The third-order valence-electron chi connectivity index (χ3n) is 8.15. The zero-order chi connectivity index (χ0) is 33.8. The van der Waals surface area contributed by atoms with Crippen molar-refractivity contribution in [1.82, 2.24) is 0 Å². The predicted molar refractivity (Wildman–Crippen MR) is 177 cm³/mol. The van der Waals surface area contributed by atoms with Crippen molar-refractivity contribution in [3.63, 3.8) is 0 Å². The van der Waals surface area contributed by atoms with Crippen LogP contribution in [0.3, 0.4) is 0 Å². The molecule has 12 heteroatoms. The third-order valence-corrected chi connectivity index (χ3v) is 9.43. The Balaban J connectivity index is 2.73. The smallest absolute Gasteiger partial charge is 0.328 e. The summed E-state index contributed by atoms with van der Waals surface area (Å²) < 4.78 is 17.4. The summed E-state index contributed by atoms with van der Waals surface area (Å²) in [4.78, 5) is 61.6. The van der Waals surface area contributed by atoms with Gasteiger partial charge in [-0.25, -0.2) is 0 Å². The maximum Gasteiger partial charge on any atom is 0.328 e. The van der Waals surface area contributed by atoms with Gasteiger partial charge in [0.25, 0.3) is 0 Å². The van der Waals surface area contributed by atoms with Crippen molar-refractivity contribution in [3.8, 4) is 0 Å². The molecular formula is C32H51O9P3. The minimum absolute atomic E-state index is 0.226. The Bertz CT molecular complexity index is 1250. The number of benzene rings is 2. The molecular weight excluding hydrogens is 621 g/mol. The highest BCUT2D eigenvalue weighted by molar-refractivity contribution is 7.40. The van der Waals surface area contributed by atoms with E-state index in [1.165, 1.54) is 0 Å². The van der Waals surface area contributed by atoms with Gasteiger partial charge in [0.1, 0.15) is 6.10 Å². The van der Waals surface area contributed by atoms with Gasteiger partial charge >= 0.3 is 25.8 Å². The molecule has 0 spiro atoms. The molecule has 2 aromatic rings. The summed E-state index contributed by atoms with van der Waals surface area (Å²) in [6.45, 7) is 24.6. The second-order valence-electron chi connectivity index (χ2n) is 15.8. The molecule has 1 aliphatic rings. The van der Waals surface area contributed by atoms with Crippen molar-refractivity contribution in [3.05, 3.63) is 68.8 Å². The first-order valence-electron chi connectivity index (χ1n) is 14.7. The van der Waals surface area contributed by atoms with E-state index in [2.05, 4.69) is 107 Å². The largest absolute Gasteiger partial charge is 0.328 e. The molecule has 9 nitrogen and oxygen atoms in total. The van der Waals surface area contributed by atoms with Crippen molar-refractivity contribution in [1.29, 1.82) is 0 Å². The van der Waals surface area contributed by atoms with Crippen LogP contribution < -0.4 is 0 Å². The molecule has 2 aromatic carbocycles. The minimum atomic E-state index is -3.07. The van der Waals surface area contributed by atoms with Crippen LogP contribution in [0.1, 0.15) is 128 Å². The van der Waals surface area contributed by atoms with Gasteiger partial charge in [0.15, 0.2) is 5.60 Å². The molecule has 1 aliphatic carbocycles. The zero-order valence-electron chi connectivity index (χ0n) is 28.1. The van der Waals surface area contributed by atoms with Crippen molar-refractivity contribution < 1.29 is 42.9 Å². The number of hydrogen-bond donors (Lipinski definition) is 6. The van der Waals surface area contributed by atoms with Crippen LogP contribution in [-0.4, -0.2) is 42.1 Å². The molecule has 248 valence electrons. The fourth-order valence-corrected chi connectivity index (χ4v) is 7.27. The zero-order valence-corrected chi connectivity index (χ0v) is 30.7. The molecule has 1 atom stereocenters. The van der Waals surface area contributed by atoms with E-state index in [9.17, 15) is 29.4 Å². The summed E-state index contributed by atoms with van der Waals surface area (Å²) in [5.41, 5.74) is 3.52. The molecule has 0 amide bonds. The van der Waals surface area contributed by atoms with Gasteiger partial charge in [-0.05, 0) is 72.6 Å². The molecule has 0 aliphatic heterocycles. The maximum atomic E-state index is 10.7. The average Bonchev–Trinajstić information content (AvgIpc) is 2.81. The van der Waals surface area contributed by atoms with Crippen molar-refractivity contribution in [2.24, 2.45) is 0 Å². The molecule has 44 heavy (non-hydrogen) atoms. The molecule has 0 fully saturated rings. The van der Waals surface area contributed by atoms with Crippen LogP contribution in [0.25, 0.3) is 0 Å². The van der Waals surface area contributed by atoms with Crippen molar-refractivity contribution in [2.45, 2.75) is 123 Å². The summed E-state index contributed by atoms with van der Waals surface area (Å²) in [5.74, 6) is 0. The number of hydrogen-bond acceptors (Lipinski definition) is 9. The second-order valence-corrected chi connectivity index (χ2v) is 17.9. The fourth-order valence-electron chi connectivity index (χ4n) is 6.01. The molecule has 0 saturated carbocycles. The van der Waals surface area contributed by atoms with Gasteiger partial charge in [-0.3, -0.25) is 4.52 Å². The Labute approximate surface area is 266 Å². The molecule has 6 N–H and O–H groups in total. The van der Waals surface area contributed by atoms with Crippen LogP contribution in [0.2, 0.25) is 0 Å². The lowest BCUT2D eigenvalue weighted by molar-refractivity contribution is -0.0517. The van der Waals surface area contributed by atoms with E-state index in [4.69, 9.17) is 13.6 Å². The highest BCUT2D eigenvalue weighted by Crippen LogP contribution is 2.58. The van der Waals surface area contributed by atoms with E-state index in [0.717, 1.165) is 33.4 Å². The van der Waals surface area contributed by atoms with E-state index in [-0.39, 0.29) is 10.8 Å².